The van der Waals surface area contributed by atoms with E-state index in [0.717, 1.165) is 12.8 Å². The molecule has 0 heterocycles. The molecule has 0 saturated carbocycles. The highest BCUT2D eigenvalue weighted by molar-refractivity contribution is 4.82. The maximum Gasteiger partial charge on any atom is -0.0348 e. The van der Waals surface area contributed by atoms with Gasteiger partial charge in [0.15, 0.2) is 0 Å². The molecule has 0 rings (SSSR count). The van der Waals surface area contributed by atoms with Gasteiger partial charge in [0.25, 0.3) is 0 Å². The third-order valence-corrected chi connectivity index (χ3v) is 2.44. The Morgan fingerprint density at radius 2 is 1.33 bits per heavy atom. The van der Waals surface area contributed by atoms with E-state index in [2.05, 4.69) is 18.7 Å². The molecule has 0 amide bonds. The number of hydrogen-bond donors (Lipinski definition) is 0. The maximum atomic E-state index is 5.31. The minimum Gasteiger partial charge on any atom is -0.103 e. The molecule has 0 fully saturated rings. The molecule has 0 aliphatic carbocycles. The van der Waals surface area contributed by atoms with Crippen LogP contribution in [-0.4, -0.2) is 0 Å². The first-order valence-electron chi connectivity index (χ1n) is 6.21. The summed E-state index contributed by atoms with van der Waals surface area (Å²) in [6.45, 7) is 9.01. The molecule has 0 unspecified atom stereocenters. The zero-order chi connectivity index (χ0) is 11.2. The highest BCUT2D eigenvalue weighted by Gasteiger charge is 1.87. The van der Waals surface area contributed by atoms with Gasteiger partial charge in [-0.3, -0.25) is 0 Å². The normalized spacial score (nSPS) is 10.7. The van der Waals surface area contributed by atoms with Crippen molar-refractivity contribution in [1.29, 1.82) is 0 Å². The van der Waals surface area contributed by atoms with E-state index in [1.54, 1.807) is 6.08 Å². The summed E-state index contributed by atoms with van der Waals surface area (Å²) in [7, 11) is 0. The fraction of sp³-hybridized carbons (Fsp3) is 0.600. The monoisotopic (exact) mass is 205 g/mol. The van der Waals surface area contributed by atoms with Gasteiger partial charge in [-0.1, -0.05) is 43.7 Å². The minimum atomic E-state index is 1.07. The lowest BCUT2D eigenvalue weighted by Gasteiger charge is -1.96. The van der Waals surface area contributed by atoms with Crippen LogP contribution in [0.1, 0.15) is 57.8 Å². The molecule has 0 heteroatoms. The van der Waals surface area contributed by atoms with Gasteiger partial charge in [-0.05, 0) is 44.9 Å². The standard InChI is InChI=1S/C15H25/c1-3-5-7-9-11-13-15-14-12-10-8-6-4-2/h1,3-4,12,14H,2,5-11,13,15H2. The van der Waals surface area contributed by atoms with Crippen molar-refractivity contribution in [3.8, 4) is 0 Å². The van der Waals surface area contributed by atoms with E-state index >= 15 is 0 Å². The van der Waals surface area contributed by atoms with Gasteiger partial charge in [0.1, 0.15) is 0 Å². The molecule has 0 aliphatic rings. The molecule has 0 spiro atoms. The molecule has 0 aromatic carbocycles. The van der Waals surface area contributed by atoms with E-state index < -0.39 is 0 Å². The highest BCUT2D eigenvalue weighted by atomic mass is 13.9. The quantitative estimate of drug-likeness (QED) is 0.320. The Bertz CT molecular complexity index is 165. The highest BCUT2D eigenvalue weighted by Crippen LogP contribution is 2.06. The third-order valence-electron chi connectivity index (χ3n) is 2.44. The molecule has 0 bridgehead atoms. The Morgan fingerprint density at radius 3 is 1.93 bits per heavy atom. The summed E-state index contributed by atoms with van der Waals surface area (Å²) in [5, 5.41) is 0. The van der Waals surface area contributed by atoms with Crippen molar-refractivity contribution in [2.45, 2.75) is 57.8 Å². The zero-order valence-corrected chi connectivity index (χ0v) is 9.96. The molecule has 85 valence electrons. The fourth-order valence-corrected chi connectivity index (χ4v) is 1.49. The van der Waals surface area contributed by atoms with Gasteiger partial charge in [0.05, 0.1) is 0 Å². The van der Waals surface area contributed by atoms with Gasteiger partial charge in [0.2, 0.25) is 0 Å². The van der Waals surface area contributed by atoms with E-state index in [-0.39, 0.29) is 0 Å². The van der Waals surface area contributed by atoms with E-state index in [0.29, 0.717) is 0 Å². The SMILES string of the molecule is [CH]=CCCCCCCC=CCCCC=C. The average Bonchev–Trinajstić information content (AvgIpc) is 2.26. The second-order valence-corrected chi connectivity index (χ2v) is 3.92. The van der Waals surface area contributed by atoms with Crippen LogP contribution in [0.5, 0.6) is 0 Å². The Hall–Kier alpha value is -0.780. The first kappa shape index (κ1) is 14.2. The van der Waals surface area contributed by atoms with Crippen LogP contribution in [0.15, 0.2) is 30.9 Å². The van der Waals surface area contributed by atoms with Gasteiger partial charge in [0, 0.05) is 0 Å². The van der Waals surface area contributed by atoms with Crippen LogP contribution in [0, 0.1) is 6.58 Å². The average molecular weight is 205 g/mol. The zero-order valence-electron chi connectivity index (χ0n) is 9.96. The van der Waals surface area contributed by atoms with E-state index in [4.69, 9.17) is 6.58 Å². The lowest BCUT2D eigenvalue weighted by Crippen LogP contribution is -1.76. The molecule has 1 radical (unpaired) electrons. The minimum absolute atomic E-state index is 1.07. The molecule has 0 saturated heterocycles. The molecule has 0 atom stereocenters. The van der Waals surface area contributed by atoms with Gasteiger partial charge in [-0.25, -0.2) is 0 Å². The van der Waals surface area contributed by atoms with E-state index in [1.165, 1.54) is 44.9 Å². The van der Waals surface area contributed by atoms with Crippen LogP contribution < -0.4 is 0 Å². The second-order valence-electron chi connectivity index (χ2n) is 3.92. The molecule has 0 aromatic heterocycles. The summed E-state index contributed by atoms with van der Waals surface area (Å²) in [5.41, 5.74) is 0. The molecule has 0 aliphatic heterocycles. The Kier molecular flexibility index (Phi) is 12.5. The van der Waals surface area contributed by atoms with Crippen molar-refractivity contribution in [3.63, 3.8) is 0 Å². The summed E-state index contributed by atoms with van der Waals surface area (Å²) in [6.07, 6.45) is 19.5. The van der Waals surface area contributed by atoms with Crippen LogP contribution in [0.25, 0.3) is 0 Å². The first-order chi connectivity index (χ1) is 7.41. The van der Waals surface area contributed by atoms with Crippen LogP contribution in [0.3, 0.4) is 0 Å². The summed E-state index contributed by atoms with van der Waals surface area (Å²) in [6, 6.07) is 0. The molecule has 0 N–H and O–H groups in total. The smallest absolute Gasteiger partial charge is 0.0348 e. The topological polar surface area (TPSA) is 0 Å². The third kappa shape index (κ3) is 13.2. The van der Waals surface area contributed by atoms with Crippen molar-refractivity contribution in [2.75, 3.05) is 0 Å². The van der Waals surface area contributed by atoms with Crippen LogP contribution >= 0.6 is 0 Å². The molecule has 0 nitrogen and oxygen atoms in total. The summed E-state index contributed by atoms with van der Waals surface area (Å²) in [5.74, 6) is 0. The van der Waals surface area contributed by atoms with Crippen LogP contribution in [0.2, 0.25) is 0 Å². The van der Waals surface area contributed by atoms with Crippen molar-refractivity contribution in [1.82, 2.24) is 0 Å². The van der Waals surface area contributed by atoms with Gasteiger partial charge >= 0.3 is 0 Å². The summed E-state index contributed by atoms with van der Waals surface area (Å²) >= 11 is 0. The number of allylic oxidation sites excluding steroid dienone is 4. The Balaban J connectivity index is 3.02. The Morgan fingerprint density at radius 1 is 0.733 bits per heavy atom. The van der Waals surface area contributed by atoms with Crippen molar-refractivity contribution in [3.05, 3.63) is 37.5 Å². The maximum absolute atomic E-state index is 5.31. The van der Waals surface area contributed by atoms with Crippen LogP contribution in [-0.2, 0) is 0 Å². The number of hydrogen-bond acceptors (Lipinski definition) is 0. The van der Waals surface area contributed by atoms with Gasteiger partial charge in [-0.15, -0.1) is 6.58 Å². The van der Waals surface area contributed by atoms with Crippen molar-refractivity contribution in [2.24, 2.45) is 0 Å². The van der Waals surface area contributed by atoms with Gasteiger partial charge in [-0.2, -0.15) is 0 Å². The summed E-state index contributed by atoms with van der Waals surface area (Å²) in [4.78, 5) is 0. The molecular weight excluding hydrogens is 180 g/mol. The number of unbranched alkanes of at least 4 members (excludes halogenated alkanes) is 7. The van der Waals surface area contributed by atoms with Crippen molar-refractivity contribution < 1.29 is 0 Å². The predicted molar refractivity (Wildman–Crippen MR) is 69.8 cm³/mol. The predicted octanol–water partition coefficient (Wildman–Crippen LogP) is 5.23. The number of rotatable bonds is 11. The first-order valence-corrected chi connectivity index (χ1v) is 6.21. The largest absolute Gasteiger partial charge is 0.103 e. The summed E-state index contributed by atoms with van der Waals surface area (Å²) < 4.78 is 0. The van der Waals surface area contributed by atoms with Gasteiger partial charge < -0.3 is 0 Å². The van der Waals surface area contributed by atoms with E-state index in [1.807, 2.05) is 6.08 Å². The lowest BCUT2D eigenvalue weighted by atomic mass is 10.1. The molecule has 15 heavy (non-hydrogen) atoms. The van der Waals surface area contributed by atoms with Crippen molar-refractivity contribution >= 4 is 0 Å². The molecule has 0 aromatic rings. The Labute approximate surface area is 95.8 Å². The van der Waals surface area contributed by atoms with Crippen LogP contribution in [0.4, 0.5) is 0 Å². The molecular formula is C15H25. The lowest BCUT2D eigenvalue weighted by molar-refractivity contribution is 0.651. The van der Waals surface area contributed by atoms with E-state index in [9.17, 15) is 0 Å². The second kappa shape index (κ2) is 13.2. The fourth-order valence-electron chi connectivity index (χ4n) is 1.49.